The molecule has 2 N–H and O–H groups in total. The Labute approximate surface area is 147 Å². The van der Waals surface area contributed by atoms with Gasteiger partial charge in [-0.2, -0.15) is 0 Å². The standard InChI is InChI=1S/C20H23NO4/c1-14-17(11-22)5-4-6-18(14)25-12-15-7-9-16(10-8-15)19(23)21-13-20(2,3)24/h4-11,24H,12-13H2,1-3H3,(H,21,23). The number of rotatable bonds is 7. The van der Waals surface area contributed by atoms with Crippen LogP contribution >= 0.6 is 0 Å². The maximum atomic E-state index is 12.0. The molecule has 0 aliphatic rings. The van der Waals surface area contributed by atoms with Gasteiger partial charge in [-0.1, -0.05) is 24.3 Å². The van der Waals surface area contributed by atoms with E-state index in [4.69, 9.17) is 4.74 Å². The molecule has 0 fully saturated rings. The van der Waals surface area contributed by atoms with Gasteiger partial charge in [0.25, 0.3) is 5.91 Å². The average Bonchev–Trinajstić information content (AvgIpc) is 2.58. The molecule has 132 valence electrons. The first-order valence-electron chi connectivity index (χ1n) is 8.07. The van der Waals surface area contributed by atoms with Crippen LogP contribution in [-0.2, 0) is 6.61 Å². The fourth-order valence-electron chi connectivity index (χ4n) is 2.23. The van der Waals surface area contributed by atoms with Gasteiger partial charge in [-0.05, 0) is 44.5 Å². The maximum Gasteiger partial charge on any atom is 0.251 e. The van der Waals surface area contributed by atoms with Crippen LogP contribution < -0.4 is 10.1 Å². The Balaban J connectivity index is 1.97. The lowest BCUT2D eigenvalue weighted by Gasteiger charge is -2.17. The van der Waals surface area contributed by atoms with E-state index in [1.54, 1.807) is 38.1 Å². The molecule has 0 saturated carbocycles. The molecular weight excluding hydrogens is 318 g/mol. The summed E-state index contributed by atoms with van der Waals surface area (Å²) in [6, 6.07) is 12.4. The molecule has 0 spiro atoms. The molecule has 0 radical (unpaired) electrons. The molecule has 2 aromatic rings. The molecule has 0 aromatic heterocycles. The number of hydrogen-bond donors (Lipinski definition) is 2. The topological polar surface area (TPSA) is 75.6 Å². The highest BCUT2D eigenvalue weighted by molar-refractivity contribution is 5.94. The van der Waals surface area contributed by atoms with E-state index in [2.05, 4.69) is 5.32 Å². The number of nitrogens with one attached hydrogen (secondary N) is 1. The predicted octanol–water partition coefficient (Wildman–Crippen LogP) is 2.89. The van der Waals surface area contributed by atoms with Crippen LogP contribution in [0, 0.1) is 6.92 Å². The highest BCUT2D eigenvalue weighted by atomic mass is 16.5. The van der Waals surface area contributed by atoms with Crippen LogP contribution in [-0.4, -0.2) is 29.4 Å². The van der Waals surface area contributed by atoms with Gasteiger partial charge in [-0.25, -0.2) is 0 Å². The summed E-state index contributed by atoms with van der Waals surface area (Å²) in [4.78, 5) is 23.0. The Kier molecular flexibility index (Phi) is 5.93. The number of carbonyl (C=O) groups is 2. The first kappa shape index (κ1) is 18.7. The summed E-state index contributed by atoms with van der Waals surface area (Å²) in [6.07, 6.45) is 0.809. The van der Waals surface area contributed by atoms with E-state index in [0.29, 0.717) is 23.5 Å². The molecule has 0 saturated heterocycles. The second-order valence-electron chi connectivity index (χ2n) is 6.57. The van der Waals surface area contributed by atoms with Gasteiger partial charge in [-0.15, -0.1) is 0 Å². The molecule has 0 aliphatic heterocycles. The Bertz CT molecular complexity index is 745. The summed E-state index contributed by atoms with van der Waals surface area (Å²) in [5, 5.41) is 12.3. The van der Waals surface area contributed by atoms with Crippen molar-refractivity contribution in [2.45, 2.75) is 33.0 Å². The van der Waals surface area contributed by atoms with Gasteiger partial charge in [0.15, 0.2) is 0 Å². The molecule has 0 aliphatic carbocycles. The SMILES string of the molecule is Cc1c(C=O)cccc1OCc1ccc(C(=O)NCC(C)(C)O)cc1. The zero-order valence-corrected chi connectivity index (χ0v) is 14.7. The lowest BCUT2D eigenvalue weighted by atomic mass is 10.1. The number of amides is 1. The molecule has 0 unspecified atom stereocenters. The van der Waals surface area contributed by atoms with E-state index in [1.165, 1.54) is 0 Å². The lowest BCUT2D eigenvalue weighted by molar-refractivity contribution is 0.0694. The molecule has 5 nitrogen and oxygen atoms in total. The molecule has 0 atom stereocenters. The van der Waals surface area contributed by atoms with Crippen molar-refractivity contribution >= 4 is 12.2 Å². The third-order valence-corrected chi connectivity index (χ3v) is 3.74. The quantitative estimate of drug-likeness (QED) is 0.759. The van der Waals surface area contributed by atoms with Crippen molar-refractivity contribution < 1.29 is 19.4 Å². The third-order valence-electron chi connectivity index (χ3n) is 3.74. The van der Waals surface area contributed by atoms with Gasteiger partial charge in [-0.3, -0.25) is 9.59 Å². The Morgan fingerprint density at radius 2 is 1.88 bits per heavy atom. The molecule has 0 bridgehead atoms. The predicted molar refractivity (Wildman–Crippen MR) is 96.0 cm³/mol. The Morgan fingerprint density at radius 1 is 1.20 bits per heavy atom. The van der Waals surface area contributed by atoms with Crippen molar-refractivity contribution in [2.24, 2.45) is 0 Å². The maximum absolute atomic E-state index is 12.0. The van der Waals surface area contributed by atoms with Crippen molar-refractivity contribution in [3.63, 3.8) is 0 Å². The fraction of sp³-hybridized carbons (Fsp3) is 0.300. The van der Waals surface area contributed by atoms with Crippen LogP contribution in [0.5, 0.6) is 5.75 Å². The zero-order valence-electron chi connectivity index (χ0n) is 14.7. The monoisotopic (exact) mass is 341 g/mol. The molecule has 0 heterocycles. The molecule has 1 amide bonds. The minimum Gasteiger partial charge on any atom is -0.489 e. The largest absolute Gasteiger partial charge is 0.489 e. The normalized spacial score (nSPS) is 11.0. The first-order chi connectivity index (χ1) is 11.8. The minimum absolute atomic E-state index is 0.184. The summed E-state index contributed by atoms with van der Waals surface area (Å²) >= 11 is 0. The van der Waals surface area contributed by atoms with Crippen LogP contribution in [0.1, 0.15) is 45.7 Å². The van der Waals surface area contributed by atoms with Crippen LogP contribution in [0.15, 0.2) is 42.5 Å². The van der Waals surface area contributed by atoms with Crippen LogP contribution in [0.2, 0.25) is 0 Å². The van der Waals surface area contributed by atoms with E-state index < -0.39 is 5.60 Å². The second-order valence-corrected chi connectivity index (χ2v) is 6.57. The van der Waals surface area contributed by atoms with Crippen LogP contribution in [0.4, 0.5) is 0 Å². The van der Waals surface area contributed by atoms with Gasteiger partial charge in [0.1, 0.15) is 18.6 Å². The average molecular weight is 341 g/mol. The highest BCUT2D eigenvalue weighted by Gasteiger charge is 2.14. The first-order valence-corrected chi connectivity index (χ1v) is 8.07. The highest BCUT2D eigenvalue weighted by Crippen LogP contribution is 2.21. The van der Waals surface area contributed by atoms with Crippen molar-refractivity contribution in [1.29, 1.82) is 0 Å². The Hall–Kier alpha value is -2.66. The smallest absolute Gasteiger partial charge is 0.251 e. The lowest BCUT2D eigenvalue weighted by Crippen LogP contribution is -2.38. The number of carbonyl (C=O) groups excluding carboxylic acids is 2. The van der Waals surface area contributed by atoms with E-state index in [-0.39, 0.29) is 12.5 Å². The van der Waals surface area contributed by atoms with Crippen molar-refractivity contribution in [1.82, 2.24) is 5.32 Å². The van der Waals surface area contributed by atoms with Crippen molar-refractivity contribution in [3.8, 4) is 5.75 Å². The van der Waals surface area contributed by atoms with E-state index in [9.17, 15) is 14.7 Å². The molecule has 2 rings (SSSR count). The number of aliphatic hydroxyl groups is 1. The fourth-order valence-corrected chi connectivity index (χ4v) is 2.23. The number of benzene rings is 2. The van der Waals surface area contributed by atoms with Gasteiger partial charge >= 0.3 is 0 Å². The van der Waals surface area contributed by atoms with Gasteiger partial charge < -0.3 is 15.2 Å². The number of hydrogen-bond acceptors (Lipinski definition) is 4. The van der Waals surface area contributed by atoms with Gasteiger partial charge in [0, 0.05) is 23.2 Å². The molecule has 5 heteroatoms. The molecular formula is C20H23NO4. The summed E-state index contributed by atoms with van der Waals surface area (Å²) in [5.74, 6) is 0.431. The molecule has 25 heavy (non-hydrogen) atoms. The summed E-state index contributed by atoms with van der Waals surface area (Å²) in [5.41, 5.74) is 1.90. The number of ether oxygens (including phenoxy) is 1. The minimum atomic E-state index is -0.947. The summed E-state index contributed by atoms with van der Waals surface area (Å²) in [6.45, 7) is 5.64. The number of aldehydes is 1. The van der Waals surface area contributed by atoms with Gasteiger partial charge in [0.2, 0.25) is 0 Å². The van der Waals surface area contributed by atoms with Crippen molar-refractivity contribution in [2.75, 3.05) is 6.54 Å². The summed E-state index contributed by atoms with van der Waals surface area (Å²) in [7, 11) is 0. The van der Waals surface area contributed by atoms with Crippen LogP contribution in [0.25, 0.3) is 0 Å². The van der Waals surface area contributed by atoms with Gasteiger partial charge in [0.05, 0.1) is 5.60 Å². The van der Waals surface area contributed by atoms with Crippen molar-refractivity contribution in [3.05, 3.63) is 64.7 Å². The van der Waals surface area contributed by atoms with E-state index in [0.717, 1.165) is 17.4 Å². The Morgan fingerprint density at radius 3 is 2.48 bits per heavy atom. The summed E-state index contributed by atoms with van der Waals surface area (Å²) < 4.78 is 5.77. The third kappa shape index (κ3) is 5.43. The van der Waals surface area contributed by atoms with E-state index >= 15 is 0 Å². The second kappa shape index (κ2) is 7.94. The molecule has 2 aromatic carbocycles. The van der Waals surface area contributed by atoms with E-state index in [1.807, 2.05) is 25.1 Å². The zero-order chi connectivity index (χ0) is 18.4. The van der Waals surface area contributed by atoms with Crippen LogP contribution in [0.3, 0.4) is 0 Å².